The van der Waals surface area contributed by atoms with Gasteiger partial charge in [-0.3, -0.25) is 4.72 Å². The van der Waals surface area contributed by atoms with Gasteiger partial charge in [0, 0.05) is 11.3 Å². The summed E-state index contributed by atoms with van der Waals surface area (Å²) in [6, 6.07) is 20.2. The van der Waals surface area contributed by atoms with E-state index in [9.17, 15) is 16.8 Å². The van der Waals surface area contributed by atoms with Gasteiger partial charge in [-0.1, -0.05) is 41.1 Å². The summed E-state index contributed by atoms with van der Waals surface area (Å²) < 4.78 is 60.4. The summed E-state index contributed by atoms with van der Waals surface area (Å²) in [4.78, 5) is 4.57. The molecule has 0 unspecified atom stereocenters. The van der Waals surface area contributed by atoms with Gasteiger partial charge in [-0.2, -0.15) is 9.71 Å². The minimum Gasteiger partial charge on any atom is -0.337 e. The Morgan fingerprint density at radius 3 is 2.06 bits per heavy atom. The SMILES string of the molecule is Cc1ccc(S(=O)(=O)N[C@@H](C)c2nc(-c3ccc(NS(=O)(=O)c4ccccc4)cc3)no2)cc1. The summed E-state index contributed by atoms with van der Waals surface area (Å²) in [5.41, 5.74) is 1.90. The second-order valence-corrected chi connectivity index (χ2v) is 11.0. The zero-order chi connectivity index (χ0) is 24.3. The van der Waals surface area contributed by atoms with Crippen molar-refractivity contribution in [3.8, 4) is 11.4 Å². The summed E-state index contributed by atoms with van der Waals surface area (Å²) in [7, 11) is -7.47. The van der Waals surface area contributed by atoms with Gasteiger partial charge in [-0.05, 0) is 62.4 Å². The molecule has 0 aliphatic heterocycles. The largest absolute Gasteiger partial charge is 0.337 e. The van der Waals surface area contributed by atoms with Crippen LogP contribution in [0.15, 0.2) is 93.2 Å². The van der Waals surface area contributed by atoms with Crippen molar-refractivity contribution in [1.29, 1.82) is 0 Å². The first-order valence-corrected chi connectivity index (χ1v) is 13.2. The van der Waals surface area contributed by atoms with Crippen LogP contribution in [0, 0.1) is 6.92 Å². The molecule has 0 aliphatic carbocycles. The van der Waals surface area contributed by atoms with E-state index in [1.54, 1.807) is 61.5 Å². The van der Waals surface area contributed by atoms with Crippen LogP contribution in [-0.4, -0.2) is 27.0 Å². The van der Waals surface area contributed by atoms with E-state index in [0.717, 1.165) is 5.56 Å². The van der Waals surface area contributed by atoms with Gasteiger partial charge in [-0.25, -0.2) is 16.8 Å². The molecule has 0 bridgehead atoms. The molecule has 0 spiro atoms. The van der Waals surface area contributed by atoms with Crippen molar-refractivity contribution < 1.29 is 21.4 Å². The van der Waals surface area contributed by atoms with E-state index in [2.05, 4.69) is 19.6 Å². The van der Waals surface area contributed by atoms with Crippen molar-refractivity contribution in [2.24, 2.45) is 0 Å². The monoisotopic (exact) mass is 498 g/mol. The maximum atomic E-state index is 12.6. The quantitative estimate of drug-likeness (QED) is 0.377. The van der Waals surface area contributed by atoms with Crippen LogP contribution in [0.4, 0.5) is 5.69 Å². The molecule has 0 radical (unpaired) electrons. The molecule has 0 fully saturated rings. The number of rotatable bonds is 8. The number of aromatic nitrogens is 2. The number of anilines is 1. The Bertz CT molecular complexity index is 1480. The molecule has 1 atom stereocenters. The minimum absolute atomic E-state index is 0.0968. The Morgan fingerprint density at radius 2 is 1.41 bits per heavy atom. The van der Waals surface area contributed by atoms with Crippen LogP contribution in [0.25, 0.3) is 11.4 Å². The predicted molar refractivity (Wildman–Crippen MR) is 127 cm³/mol. The molecule has 0 aliphatic rings. The summed E-state index contributed by atoms with van der Waals surface area (Å²) in [6.45, 7) is 3.47. The summed E-state index contributed by atoms with van der Waals surface area (Å²) in [6.07, 6.45) is 0. The first-order chi connectivity index (χ1) is 16.1. The zero-order valence-electron chi connectivity index (χ0n) is 18.3. The van der Waals surface area contributed by atoms with Crippen LogP contribution >= 0.6 is 0 Å². The van der Waals surface area contributed by atoms with Gasteiger partial charge in [-0.15, -0.1) is 0 Å². The van der Waals surface area contributed by atoms with Crippen molar-refractivity contribution in [2.75, 3.05) is 4.72 Å². The van der Waals surface area contributed by atoms with Crippen molar-refractivity contribution in [2.45, 2.75) is 29.7 Å². The summed E-state index contributed by atoms with van der Waals surface area (Å²) >= 11 is 0. The van der Waals surface area contributed by atoms with Crippen molar-refractivity contribution in [1.82, 2.24) is 14.9 Å². The van der Waals surface area contributed by atoms with Gasteiger partial charge in [0.25, 0.3) is 10.0 Å². The second kappa shape index (κ2) is 9.37. The molecule has 0 saturated carbocycles. The van der Waals surface area contributed by atoms with Gasteiger partial charge < -0.3 is 4.52 Å². The fraction of sp³-hybridized carbons (Fsp3) is 0.130. The number of hydrogen-bond donors (Lipinski definition) is 2. The van der Waals surface area contributed by atoms with Crippen molar-refractivity contribution in [3.63, 3.8) is 0 Å². The third kappa shape index (κ3) is 5.33. The fourth-order valence-electron chi connectivity index (χ4n) is 3.10. The Hall–Kier alpha value is -3.54. The first-order valence-electron chi connectivity index (χ1n) is 10.2. The molecule has 4 aromatic rings. The second-order valence-electron chi connectivity index (χ2n) is 7.61. The fourth-order valence-corrected chi connectivity index (χ4v) is 5.37. The first kappa shape index (κ1) is 23.6. The van der Waals surface area contributed by atoms with E-state index in [-0.39, 0.29) is 21.5 Å². The van der Waals surface area contributed by atoms with Crippen LogP contribution in [-0.2, 0) is 20.0 Å². The lowest BCUT2D eigenvalue weighted by molar-refractivity contribution is 0.354. The van der Waals surface area contributed by atoms with E-state index in [4.69, 9.17) is 4.52 Å². The molecule has 9 nitrogen and oxygen atoms in total. The topological polar surface area (TPSA) is 131 Å². The maximum Gasteiger partial charge on any atom is 0.261 e. The standard InChI is InChI=1S/C23H22N4O5S2/c1-16-8-14-21(15-9-16)33(28,29)26-17(2)23-24-22(25-32-23)18-10-12-19(13-11-18)27-34(30,31)20-6-4-3-5-7-20/h3-15,17,26-27H,1-2H3/t17-/m0/s1. The Balaban J connectivity index is 1.46. The van der Waals surface area contributed by atoms with Gasteiger partial charge >= 0.3 is 0 Å². The highest BCUT2D eigenvalue weighted by molar-refractivity contribution is 7.92. The lowest BCUT2D eigenvalue weighted by Gasteiger charge is -2.10. The Morgan fingerprint density at radius 1 is 0.794 bits per heavy atom. The Labute approximate surface area is 198 Å². The average Bonchev–Trinajstić information content (AvgIpc) is 3.31. The van der Waals surface area contributed by atoms with Crippen LogP contribution in [0.5, 0.6) is 0 Å². The highest BCUT2D eigenvalue weighted by Crippen LogP contribution is 2.23. The van der Waals surface area contributed by atoms with Gasteiger partial charge in [0.15, 0.2) is 0 Å². The summed E-state index contributed by atoms with van der Waals surface area (Å²) in [5, 5.41) is 3.91. The molecule has 1 aromatic heterocycles. The number of nitrogens with one attached hydrogen (secondary N) is 2. The maximum absolute atomic E-state index is 12.6. The third-order valence-corrected chi connectivity index (χ3v) is 7.88. The molecule has 0 saturated heterocycles. The highest BCUT2D eigenvalue weighted by atomic mass is 32.2. The van der Waals surface area contributed by atoms with E-state index in [1.807, 2.05) is 6.92 Å². The van der Waals surface area contributed by atoms with Crippen LogP contribution < -0.4 is 9.44 Å². The number of sulfonamides is 2. The molecular weight excluding hydrogens is 476 g/mol. The van der Waals surface area contributed by atoms with Gasteiger partial charge in [0.05, 0.1) is 15.8 Å². The van der Waals surface area contributed by atoms with Crippen LogP contribution in [0.1, 0.15) is 24.4 Å². The lowest BCUT2D eigenvalue weighted by Crippen LogP contribution is -2.27. The minimum atomic E-state index is -3.77. The number of nitrogens with zero attached hydrogens (tertiary/aromatic N) is 2. The summed E-state index contributed by atoms with van der Waals surface area (Å²) in [5.74, 6) is 0.341. The number of aryl methyl sites for hydroxylation is 1. The van der Waals surface area contributed by atoms with Gasteiger partial charge in [0.2, 0.25) is 21.7 Å². The van der Waals surface area contributed by atoms with Crippen LogP contribution in [0.2, 0.25) is 0 Å². The van der Waals surface area contributed by atoms with Crippen LogP contribution in [0.3, 0.4) is 0 Å². The molecule has 34 heavy (non-hydrogen) atoms. The molecule has 0 amide bonds. The van der Waals surface area contributed by atoms with E-state index >= 15 is 0 Å². The van der Waals surface area contributed by atoms with Gasteiger partial charge in [0.1, 0.15) is 0 Å². The predicted octanol–water partition coefficient (Wildman–Crippen LogP) is 3.89. The molecule has 2 N–H and O–H groups in total. The molecule has 3 aromatic carbocycles. The third-order valence-electron chi connectivity index (χ3n) is 4.92. The van der Waals surface area contributed by atoms with E-state index in [1.165, 1.54) is 24.3 Å². The molecule has 1 heterocycles. The molecule has 4 rings (SSSR count). The van der Waals surface area contributed by atoms with E-state index < -0.39 is 26.1 Å². The number of hydrogen-bond acceptors (Lipinski definition) is 7. The number of benzene rings is 3. The average molecular weight is 499 g/mol. The molecule has 176 valence electrons. The lowest BCUT2D eigenvalue weighted by atomic mass is 10.2. The highest BCUT2D eigenvalue weighted by Gasteiger charge is 2.23. The smallest absolute Gasteiger partial charge is 0.261 e. The van der Waals surface area contributed by atoms with Crippen molar-refractivity contribution in [3.05, 3.63) is 90.3 Å². The normalized spacial score (nSPS) is 12.9. The molecule has 11 heteroatoms. The Kier molecular flexibility index (Phi) is 6.51. The molecular formula is C23H22N4O5S2. The van der Waals surface area contributed by atoms with E-state index in [0.29, 0.717) is 11.3 Å². The van der Waals surface area contributed by atoms with Crippen molar-refractivity contribution >= 4 is 25.7 Å². The zero-order valence-corrected chi connectivity index (χ0v) is 20.0.